The normalized spacial score (nSPS) is 18.9. The average Bonchev–Trinajstić information content (AvgIpc) is 2.81. The topological polar surface area (TPSA) is 98.7 Å². The van der Waals surface area contributed by atoms with Gasteiger partial charge in [0, 0.05) is 13.2 Å². The highest BCUT2D eigenvalue weighted by molar-refractivity contribution is 5.96. The number of aliphatic hydroxyl groups excluding tert-OH is 1. The first-order chi connectivity index (χ1) is 13.2. The predicted octanol–water partition coefficient (Wildman–Crippen LogP) is 1.06. The summed E-state index contributed by atoms with van der Waals surface area (Å²) in [5.74, 6) is -1.70. The first-order valence-corrected chi connectivity index (χ1v) is 9.21. The molecule has 0 fully saturated rings. The molecule has 0 radical (unpaired) electrons. The van der Waals surface area contributed by atoms with Crippen LogP contribution in [0.2, 0.25) is 0 Å². The molecule has 3 amide bonds. The van der Waals surface area contributed by atoms with Gasteiger partial charge in [0.05, 0.1) is 0 Å². The van der Waals surface area contributed by atoms with Gasteiger partial charge in [-0.25, -0.2) is 0 Å². The number of likely N-dealkylation sites (N-methyl/N-ethyl adjacent to an activating group) is 1. The summed E-state index contributed by atoms with van der Waals surface area (Å²) >= 11 is 0. The van der Waals surface area contributed by atoms with Gasteiger partial charge in [-0.1, -0.05) is 44.2 Å². The van der Waals surface area contributed by atoms with Crippen molar-refractivity contribution in [3.05, 3.63) is 54.2 Å². The molecule has 1 aliphatic heterocycles. The lowest BCUT2D eigenvalue weighted by Crippen LogP contribution is -2.53. The summed E-state index contributed by atoms with van der Waals surface area (Å²) in [6.07, 6.45) is 3.95. The summed E-state index contributed by atoms with van der Waals surface area (Å²) in [4.78, 5) is 38.5. The molecule has 1 unspecified atom stereocenters. The van der Waals surface area contributed by atoms with Crippen molar-refractivity contribution in [3.8, 4) is 0 Å². The zero-order valence-corrected chi connectivity index (χ0v) is 16.5. The number of allylic oxidation sites excluding steroid dienone is 2. The third-order valence-corrected chi connectivity index (χ3v) is 4.49. The average molecular weight is 385 g/mol. The van der Waals surface area contributed by atoms with Crippen LogP contribution in [0.25, 0.3) is 5.57 Å². The molecule has 0 aromatic heterocycles. The number of aliphatic hydroxyl groups is 1. The monoisotopic (exact) mass is 385 g/mol. The Balaban J connectivity index is 2.14. The Kier molecular flexibility index (Phi) is 7.12. The van der Waals surface area contributed by atoms with E-state index in [4.69, 9.17) is 0 Å². The van der Waals surface area contributed by atoms with Gasteiger partial charge in [0.25, 0.3) is 5.91 Å². The Morgan fingerprint density at radius 1 is 1.11 bits per heavy atom. The van der Waals surface area contributed by atoms with Gasteiger partial charge in [0.15, 0.2) is 0 Å². The molecule has 3 N–H and O–H groups in total. The maximum absolute atomic E-state index is 12.6. The van der Waals surface area contributed by atoms with Gasteiger partial charge in [-0.2, -0.15) is 0 Å². The Bertz CT molecular complexity index is 786. The summed E-state index contributed by atoms with van der Waals surface area (Å²) in [5, 5.41) is 14.9. The first kappa shape index (κ1) is 21.4. The van der Waals surface area contributed by atoms with Crippen molar-refractivity contribution in [2.45, 2.75) is 39.0 Å². The van der Waals surface area contributed by atoms with Crippen LogP contribution in [0.3, 0.4) is 0 Å². The van der Waals surface area contributed by atoms with E-state index in [1.807, 2.05) is 36.4 Å². The Morgan fingerprint density at radius 3 is 2.36 bits per heavy atom. The van der Waals surface area contributed by atoms with Crippen LogP contribution in [0.4, 0.5) is 0 Å². The fourth-order valence-electron chi connectivity index (χ4n) is 2.66. The predicted molar refractivity (Wildman–Crippen MR) is 107 cm³/mol. The SMILES string of the molecule is CC(C)C(O)C(=O)N[C@@H](C)C(=O)N[C@H]1C=C(c2ccccc2)C=CN(C)C1=O. The fourth-order valence-corrected chi connectivity index (χ4v) is 2.66. The van der Waals surface area contributed by atoms with Crippen molar-refractivity contribution in [3.63, 3.8) is 0 Å². The van der Waals surface area contributed by atoms with Crippen LogP contribution in [0.15, 0.2) is 48.7 Å². The van der Waals surface area contributed by atoms with E-state index >= 15 is 0 Å². The summed E-state index contributed by atoms with van der Waals surface area (Å²) in [7, 11) is 1.62. The molecule has 2 rings (SSSR count). The number of carbonyl (C=O) groups excluding carboxylic acids is 3. The molecule has 0 saturated carbocycles. The zero-order chi connectivity index (χ0) is 20.8. The molecule has 28 heavy (non-hydrogen) atoms. The molecule has 1 heterocycles. The van der Waals surface area contributed by atoms with Gasteiger partial charge >= 0.3 is 0 Å². The van der Waals surface area contributed by atoms with Gasteiger partial charge in [-0.3, -0.25) is 14.4 Å². The van der Waals surface area contributed by atoms with E-state index in [0.29, 0.717) is 0 Å². The van der Waals surface area contributed by atoms with E-state index in [0.717, 1.165) is 11.1 Å². The van der Waals surface area contributed by atoms with Crippen LogP contribution >= 0.6 is 0 Å². The Hall–Kier alpha value is -2.93. The zero-order valence-electron chi connectivity index (χ0n) is 16.5. The number of nitrogens with one attached hydrogen (secondary N) is 2. The molecule has 1 aliphatic rings. The van der Waals surface area contributed by atoms with Crippen LogP contribution in [0, 0.1) is 5.92 Å². The second-order valence-electron chi connectivity index (χ2n) is 7.16. The van der Waals surface area contributed by atoms with Crippen molar-refractivity contribution >= 4 is 23.3 Å². The molecule has 7 nitrogen and oxygen atoms in total. The van der Waals surface area contributed by atoms with Crippen molar-refractivity contribution in [2.24, 2.45) is 5.92 Å². The van der Waals surface area contributed by atoms with Gasteiger partial charge in [0.1, 0.15) is 18.2 Å². The van der Waals surface area contributed by atoms with E-state index in [2.05, 4.69) is 10.6 Å². The van der Waals surface area contributed by atoms with Gasteiger partial charge < -0.3 is 20.6 Å². The largest absolute Gasteiger partial charge is 0.383 e. The third kappa shape index (κ3) is 5.29. The highest BCUT2D eigenvalue weighted by atomic mass is 16.3. The molecule has 0 spiro atoms. The van der Waals surface area contributed by atoms with Crippen molar-refractivity contribution in [1.29, 1.82) is 0 Å². The summed E-state index contributed by atoms with van der Waals surface area (Å²) < 4.78 is 0. The lowest BCUT2D eigenvalue weighted by Gasteiger charge is -2.22. The molecule has 150 valence electrons. The summed E-state index contributed by atoms with van der Waals surface area (Å²) in [5.41, 5.74) is 1.72. The lowest BCUT2D eigenvalue weighted by molar-refractivity contribution is -0.136. The lowest BCUT2D eigenvalue weighted by atomic mass is 10.0. The third-order valence-electron chi connectivity index (χ3n) is 4.49. The Morgan fingerprint density at radius 2 is 1.75 bits per heavy atom. The molecule has 0 aliphatic carbocycles. The molecular formula is C21H27N3O4. The van der Waals surface area contributed by atoms with Gasteiger partial charge in [-0.15, -0.1) is 0 Å². The number of rotatable bonds is 6. The van der Waals surface area contributed by atoms with E-state index in [1.165, 1.54) is 11.8 Å². The van der Waals surface area contributed by atoms with Crippen LogP contribution < -0.4 is 10.6 Å². The van der Waals surface area contributed by atoms with E-state index < -0.39 is 30.0 Å². The van der Waals surface area contributed by atoms with Crippen molar-refractivity contribution in [2.75, 3.05) is 7.05 Å². The molecular weight excluding hydrogens is 358 g/mol. The summed E-state index contributed by atoms with van der Waals surface area (Å²) in [6, 6.07) is 7.75. The summed E-state index contributed by atoms with van der Waals surface area (Å²) in [6.45, 7) is 4.92. The van der Waals surface area contributed by atoms with Crippen molar-refractivity contribution < 1.29 is 19.5 Å². The quantitative estimate of drug-likeness (QED) is 0.682. The molecule has 0 saturated heterocycles. The minimum atomic E-state index is -1.20. The second-order valence-corrected chi connectivity index (χ2v) is 7.16. The minimum Gasteiger partial charge on any atom is -0.383 e. The standard InChI is InChI=1S/C21H27N3O4/c1-13(2)18(25)20(27)22-14(3)19(26)23-17-12-16(10-11-24(4)21(17)28)15-8-6-5-7-9-15/h5-14,17-18,25H,1-4H3,(H,22,27)(H,23,26)/t14-,17-,18?/m0/s1. The van der Waals surface area contributed by atoms with E-state index in [-0.39, 0.29) is 11.8 Å². The molecule has 3 atom stereocenters. The van der Waals surface area contributed by atoms with Crippen LogP contribution in [0.1, 0.15) is 26.3 Å². The molecule has 1 aromatic rings. The Labute approximate surface area is 165 Å². The smallest absolute Gasteiger partial charge is 0.252 e. The number of hydrogen-bond acceptors (Lipinski definition) is 4. The number of nitrogens with zero attached hydrogens (tertiary/aromatic N) is 1. The minimum absolute atomic E-state index is 0.269. The van der Waals surface area contributed by atoms with Crippen molar-refractivity contribution in [1.82, 2.24) is 15.5 Å². The maximum atomic E-state index is 12.6. The molecule has 0 bridgehead atoms. The molecule has 7 heteroatoms. The van der Waals surface area contributed by atoms with E-state index in [1.54, 1.807) is 33.2 Å². The number of carbonyl (C=O) groups is 3. The number of hydrogen-bond donors (Lipinski definition) is 3. The fraction of sp³-hybridized carbons (Fsp3) is 0.381. The molecule has 1 aromatic carbocycles. The van der Waals surface area contributed by atoms with Gasteiger partial charge in [0.2, 0.25) is 11.8 Å². The maximum Gasteiger partial charge on any atom is 0.252 e. The van der Waals surface area contributed by atoms with E-state index in [9.17, 15) is 19.5 Å². The highest BCUT2D eigenvalue weighted by Gasteiger charge is 2.28. The van der Waals surface area contributed by atoms with Crippen LogP contribution in [0.5, 0.6) is 0 Å². The van der Waals surface area contributed by atoms with Crippen LogP contribution in [-0.2, 0) is 14.4 Å². The highest BCUT2D eigenvalue weighted by Crippen LogP contribution is 2.19. The first-order valence-electron chi connectivity index (χ1n) is 9.21. The van der Waals surface area contributed by atoms with Gasteiger partial charge in [-0.05, 0) is 36.1 Å². The second kappa shape index (κ2) is 9.32. The van der Waals surface area contributed by atoms with Crippen LogP contribution in [-0.4, -0.2) is 53.0 Å². The number of amides is 3. The number of benzene rings is 1.